The molecule has 2 rings (SSSR count). The first-order valence-corrected chi connectivity index (χ1v) is 4.29. The third kappa shape index (κ3) is 2.07. The van der Waals surface area contributed by atoms with E-state index in [-0.39, 0.29) is 17.3 Å². The summed E-state index contributed by atoms with van der Waals surface area (Å²) in [4.78, 5) is 26.7. The summed E-state index contributed by atoms with van der Waals surface area (Å²) in [5.74, 6) is -0.322. The number of aromatic nitrogens is 2. The molecule has 9 heteroatoms. The maximum atomic E-state index is 10.4. The Morgan fingerprint density at radius 3 is 2.18 bits per heavy atom. The highest BCUT2D eigenvalue weighted by molar-refractivity contribution is 5.49. The second-order valence-electron chi connectivity index (χ2n) is 2.92. The lowest BCUT2D eigenvalue weighted by Crippen LogP contribution is -1.92. The van der Waals surface area contributed by atoms with Gasteiger partial charge in [0.05, 0.1) is 11.0 Å². The quantitative estimate of drug-likeness (QED) is 0.584. The Balaban J connectivity index is 2.33. The SMILES string of the molecule is O=[N+]([O-])c1cnc(-c2ccc([N+](=O)[O-])o2)nc1. The van der Waals surface area contributed by atoms with Crippen LogP contribution >= 0.6 is 0 Å². The zero-order chi connectivity index (χ0) is 12.4. The van der Waals surface area contributed by atoms with E-state index in [1.807, 2.05) is 0 Å². The molecule has 0 radical (unpaired) electrons. The van der Waals surface area contributed by atoms with E-state index in [0.29, 0.717) is 0 Å². The van der Waals surface area contributed by atoms with E-state index in [1.54, 1.807) is 0 Å². The molecule has 9 nitrogen and oxygen atoms in total. The van der Waals surface area contributed by atoms with Crippen LogP contribution in [0.25, 0.3) is 11.6 Å². The Morgan fingerprint density at radius 2 is 1.71 bits per heavy atom. The van der Waals surface area contributed by atoms with Crippen LogP contribution in [0.2, 0.25) is 0 Å². The fourth-order valence-corrected chi connectivity index (χ4v) is 1.09. The summed E-state index contributed by atoms with van der Waals surface area (Å²) >= 11 is 0. The summed E-state index contributed by atoms with van der Waals surface area (Å²) in [5, 5.41) is 20.7. The van der Waals surface area contributed by atoms with Gasteiger partial charge < -0.3 is 4.42 Å². The van der Waals surface area contributed by atoms with Crippen LogP contribution in [0.3, 0.4) is 0 Å². The van der Waals surface area contributed by atoms with Crippen molar-refractivity contribution >= 4 is 11.6 Å². The summed E-state index contributed by atoms with van der Waals surface area (Å²) in [6.45, 7) is 0. The van der Waals surface area contributed by atoms with E-state index in [4.69, 9.17) is 4.42 Å². The number of nitro groups is 2. The molecule has 0 saturated carbocycles. The molecule has 0 aliphatic heterocycles. The van der Waals surface area contributed by atoms with E-state index in [1.165, 1.54) is 6.07 Å². The highest BCUT2D eigenvalue weighted by Gasteiger charge is 2.15. The Labute approximate surface area is 93.0 Å². The van der Waals surface area contributed by atoms with Gasteiger partial charge in [0.2, 0.25) is 0 Å². The van der Waals surface area contributed by atoms with Crippen LogP contribution in [-0.4, -0.2) is 19.8 Å². The summed E-state index contributed by atoms with van der Waals surface area (Å²) < 4.78 is 4.84. The van der Waals surface area contributed by atoms with Gasteiger partial charge >= 0.3 is 11.6 Å². The molecule has 0 aliphatic carbocycles. The van der Waals surface area contributed by atoms with Crippen LogP contribution in [0.15, 0.2) is 28.9 Å². The van der Waals surface area contributed by atoms with Crippen LogP contribution in [0.4, 0.5) is 11.6 Å². The topological polar surface area (TPSA) is 125 Å². The van der Waals surface area contributed by atoms with Crippen molar-refractivity contribution in [2.45, 2.75) is 0 Å². The van der Waals surface area contributed by atoms with Gasteiger partial charge in [-0.15, -0.1) is 0 Å². The zero-order valence-corrected chi connectivity index (χ0v) is 8.14. The van der Waals surface area contributed by atoms with Crippen LogP contribution < -0.4 is 0 Å². The zero-order valence-electron chi connectivity index (χ0n) is 8.14. The van der Waals surface area contributed by atoms with Gasteiger partial charge in [-0.05, 0) is 6.07 Å². The maximum Gasteiger partial charge on any atom is 0.433 e. The number of hydrogen-bond acceptors (Lipinski definition) is 7. The van der Waals surface area contributed by atoms with E-state index >= 15 is 0 Å². The molecule has 0 N–H and O–H groups in total. The predicted octanol–water partition coefficient (Wildman–Crippen LogP) is 1.55. The maximum absolute atomic E-state index is 10.4. The minimum atomic E-state index is -0.700. The molecule has 0 aromatic carbocycles. The van der Waals surface area contributed by atoms with E-state index < -0.39 is 15.7 Å². The molecule has 0 unspecified atom stereocenters. The third-order valence-electron chi connectivity index (χ3n) is 1.84. The molecule has 17 heavy (non-hydrogen) atoms. The molecule has 86 valence electrons. The van der Waals surface area contributed by atoms with Gasteiger partial charge in [-0.25, -0.2) is 9.97 Å². The monoisotopic (exact) mass is 236 g/mol. The fraction of sp³-hybridized carbons (Fsp3) is 0. The predicted molar refractivity (Wildman–Crippen MR) is 53.0 cm³/mol. The second-order valence-corrected chi connectivity index (χ2v) is 2.92. The first-order chi connectivity index (χ1) is 8.08. The molecular weight excluding hydrogens is 232 g/mol. The molecule has 0 bridgehead atoms. The van der Waals surface area contributed by atoms with Crippen LogP contribution in [0.5, 0.6) is 0 Å². The Bertz CT molecular complexity index is 576. The first kappa shape index (κ1) is 10.7. The number of hydrogen-bond donors (Lipinski definition) is 0. The lowest BCUT2D eigenvalue weighted by Gasteiger charge is -1.93. The standard InChI is InChI=1S/C8H4N4O5/c13-11(14)5-3-9-8(10-4-5)6-1-2-7(17-6)12(15)16/h1-4H. The van der Waals surface area contributed by atoms with Gasteiger partial charge in [-0.2, -0.15) is 0 Å². The van der Waals surface area contributed by atoms with Crippen LogP contribution in [0.1, 0.15) is 0 Å². The molecular formula is C8H4N4O5. The normalized spacial score (nSPS) is 10.1. The Morgan fingerprint density at radius 1 is 1.06 bits per heavy atom. The third-order valence-corrected chi connectivity index (χ3v) is 1.84. The van der Waals surface area contributed by atoms with E-state index in [9.17, 15) is 20.2 Å². The van der Waals surface area contributed by atoms with E-state index in [2.05, 4.69) is 9.97 Å². The molecule has 0 atom stereocenters. The lowest BCUT2D eigenvalue weighted by atomic mass is 10.4. The highest BCUT2D eigenvalue weighted by atomic mass is 16.6. The van der Waals surface area contributed by atoms with Crippen molar-refractivity contribution in [1.82, 2.24) is 9.97 Å². The number of nitrogens with zero attached hydrogens (tertiary/aromatic N) is 4. The largest absolute Gasteiger partial charge is 0.433 e. The van der Waals surface area contributed by atoms with Crippen molar-refractivity contribution in [2.75, 3.05) is 0 Å². The molecule has 2 heterocycles. The van der Waals surface area contributed by atoms with E-state index in [0.717, 1.165) is 18.5 Å². The van der Waals surface area contributed by atoms with Crippen LogP contribution in [0, 0.1) is 20.2 Å². The lowest BCUT2D eigenvalue weighted by molar-refractivity contribution is -0.401. The van der Waals surface area contributed by atoms with Crippen molar-refractivity contribution in [3.05, 3.63) is 44.8 Å². The molecule has 0 fully saturated rings. The van der Waals surface area contributed by atoms with Crippen molar-refractivity contribution in [2.24, 2.45) is 0 Å². The van der Waals surface area contributed by atoms with Gasteiger partial charge in [-0.1, -0.05) is 0 Å². The summed E-state index contributed by atoms with van der Waals surface area (Å²) in [7, 11) is 0. The first-order valence-electron chi connectivity index (χ1n) is 4.29. The molecule has 0 spiro atoms. The fourth-order valence-electron chi connectivity index (χ4n) is 1.09. The van der Waals surface area contributed by atoms with Crippen molar-refractivity contribution in [3.8, 4) is 11.6 Å². The molecule has 0 amide bonds. The van der Waals surface area contributed by atoms with Gasteiger partial charge in [0.1, 0.15) is 17.3 Å². The molecule has 2 aromatic rings. The number of furan rings is 1. The minimum absolute atomic E-state index is 0.0451. The average molecular weight is 236 g/mol. The molecule has 0 aliphatic rings. The smallest absolute Gasteiger partial charge is 0.397 e. The van der Waals surface area contributed by atoms with Crippen molar-refractivity contribution in [1.29, 1.82) is 0 Å². The molecule has 2 aromatic heterocycles. The minimum Gasteiger partial charge on any atom is -0.397 e. The van der Waals surface area contributed by atoms with Crippen molar-refractivity contribution < 1.29 is 14.3 Å². The number of rotatable bonds is 3. The Kier molecular flexibility index (Phi) is 2.49. The summed E-state index contributed by atoms with van der Waals surface area (Å²) in [6.07, 6.45) is 1.99. The van der Waals surface area contributed by atoms with Gasteiger partial charge in [0.15, 0.2) is 11.6 Å². The van der Waals surface area contributed by atoms with Gasteiger partial charge in [0, 0.05) is 0 Å². The average Bonchev–Trinajstić information content (AvgIpc) is 2.78. The molecule has 0 saturated heterocycles. The Hall–Kier alpha value is -2.84. The highest BCUT2D eigenvalue weighted by Crippen LogP contribution is 2.23. The summed E-state index contributed by atoms with van der Waals surface area (Å²) in [5.41, 5.74) is -0.269. The van der Waals surface area contributed by atoms with Gasteiger partial charge in [-0.3, -0.25) is 20.2 Å². The second kappa shape index (κ2) is 3.96. The van der Waals surface area contributed by atoms with Crippen molar-refractivity contribution in [3.63, 3.8) is 0 Å². The van der Waals surface area contributed by atoms with Gasteiger partial charge in [0.25, 0.3) is 0 Å². The summed E-state index contributed by atoms with van der Waals surface area (Å²) in [6, 6.07) is 2.47. The van der Waals surface area contributed by atoms with Crippen LogP contribution in [-0.2, 0) is 0 Å².